The summed E-state index contributed by atoms with van der Waals surface area (Å²) in [5.74, 6) is 1.45. The molecule has 1 unspecified atom stereocenters. The minimum absolute atomic E-state index is 0.541. The maximum atomic E-state index is 4.49. The summed E-state index contributed by atoms with van der Waals surface area (Å²) in [6, 6.07) is 10.6. The van der Waals surface area contributed by atoms with E-state index in [4.69, 9.17) is 0 Å². The van der Waals surface area contributed by atoms with Crippen molar-refractivity contribution in [1.82, 2.24) is 14.9 Å². The minimum atomic E-state index is 0.541. The molecule has 0 saturated heterocycles. The van der Waals surface area contributed by atoms with Gasteiger partial charge in [-0.1, -0.05) is 17.7 Å². The van der Waals surface area contributed by atoms with Crippen molar-refractivity contribution in [2.24, 2.45) is 0 Å². The zero-order valence-electron chi connectivity index (χ0n) is 13.8. The third-order valence-electron chi connectivity index (χ3n) is 3.71. The Labute approximate surface area is 132 Å². The van der Waals surface area contributed by atoms with Crippen LogP contribution in [0, 0.1) is 6.92 Å². The van der Waals surface area contributed by atoms with Gasteiger partial charge in [0, 0.05) is 24.5 Å². The maximum Gasteiger partial charge on any atom is 0.229 e. The maximum absolute atomic E-state index is 4.49. The van der Waals surface area contributed by atoms with E-state index in [9.17, 15) is 0 Å². The van der Waals surface area contributed by atoms with Crippen molar-refractivity contribution in [2.75, 3.05) is 31.3 Å². The Kier molecular flexibility index (Phi) is 5.72. The molecule has 0 aliphatic heterocycles. The van der Waals surface area contributed by atoms with Crippen LogP contribution < -0.4 is 10.6 Å². The van der Waals surface area contributed by atoms with Crippen molar-refractivity contribution in [3.05, 3.63) is 42.1 Å². The highest BCUT2D eigenvalue weighted by atomic mass is 15.1. The summed E-state index contributed by atoms with van der Waals surface area (Å²) in [4.78, 5) is 11.0. The van der Waals surface area contributed by atoms with Crippen LogP contribution in [-0.2, 0) is 0 Å². The standard InChI is InChI=1S/C17H25N5/c1-13-5-7-15(8-6-13)20-17-19-12-10-16(21-17)18-11-9-14(2)22(3)4/h5-8,10,12,14H,9,11H2,1-4H3,(H2,18,19,20,21). The third kappa shape index (κ3) is 5.00. The second kappa shape index (κ2) is 7.75. The Morgan fingerprint density at radius 1 is 1.14 bits per heavy atom. The highest BCUT2D eigenvalue weighted by molar-refractivity contribution is 5.54. The van der Waals surface area contributed by atoms with Crippen molar-refractivity contribution in [3.8, 4) is 0 Å². The Morgan fingerprint density at radius 3 is 2.55 bits per heavy atom. The number of aromatic nitrogens is 2. The smallest absolute Gasteiger partial charge is 0.229 e. The molecule has 0 aliphatic rings. The zero-order chi connectivity index (χ0) is 15.9. The molecule has 22 heavy (non-hydrogen) atoms. The first kappa shape index (κ1) is 16.2. The summed E-state index contributed by atoms with van der Waals surface area (Å²) < 4.78 is 0. The molecule has 1 aromatic heterocycles. The summed E-state index contributed by atoms with van der Waals surface area (Å²) in [5, 5.41) is 6.57. The summed E-state index contributed by atoms with van der Waals surface area (Å²) in [5.41, 5.74) is 2.22. The monoisotopic (exact) mass is 299 g/mol. The van der Waals surface area contributed by atoms with Crippen LogP contribution in [0.5, 0.6) is 0 Å². The van der Waals surface area contributed by atoms with Crippen molar-refractivity contribution in [3.63, 3.8) is 0 Å². The van der Waals surface area contributed by atoms with E-state index < -0.39 is 0 Å². The molecule has 0 amide bonds. The highest BCUT2D eigenvalue weighted by Gasteiger charge is 2.04. The summed E-state index contributed by atoms with van der Waals surface area (Å²) >= 11 is 0. The second-order valence-electron chi connectivity index (χ2n) is 5.78. The molecule has 2 rings (SSSR count). The largest absolute Gasteiger partial charge is 0.370 e. The van der Waals surface area contributed by atoms with Crippen LogP contribution in [0.15, 0.2) is 36.5 Å². The molecule has 0 radical (unpaired) electrons. The zero-order valence-corrected chi connectivity index (χ0v) is 13.8. The average Bonchev–Trinajstić information content (AvgIpc) is 2.50. The van der Waals surface area contributed by atoms with Crippen molar-refractivity contribution >= 4 is 17.5 Å². The van der Waals surface area contributed by atoms with Gasteiger partial charge in [0.25, 0.3) is 0 Å². The van der Waals surface area contributed by atoms with Crippen LogP contribution >= 0.6 is 0 Å². The molecule has 0 aliphatic carbocycles. The molecule has 5 heteroatoms. The van der Waals surface area contributed by atoms with Crippen LogP contribution in [0.1, 0.15) is 18.9 Å². The van der Waals surface area contributed by atoms with E-state index in [-0.39, 0.29) is 0 Å². The van der Waals surface area contributed by atoms with E-state index in [2.05, 4.69) is 65.6 Å². The molecule has 2 N–H and O–H groups in total. The van der Waals surface area contributed by atoms with Crippen molar-refractivity contribution < 1.29 is 0 Å². The minimum Gasteiger partial charge on any atom is -0.370 e. The predicted octanol–water partition coefficient (Wildman–Crippen LogP) is 3.28. The van der Waals surface area contributed by atoms with Crippen LogP contribution in [0.25, 0.3) is 0 Å². The predicted molar refractivity (Wildman–Crippen MR) is 92.7 cm³/mol. The first-order valence-electron chi connectivity index (χ1n) is 7.61. The molecular formula is C17H25N5. The van der Waals surface area contributed by atoms with Gasteiger partial charge >= 0.3 is 0 Å². The number of nitrogens with zero attached hydrogens (tertiary/aromatic N) is 3. The van der Waals surface area contributed by atoms with Crippen molar-refractivity contribution in [2.45, 2.75) is 26.3 Å². The number of anilines is 3. The van der Waals surface area contributed by atoms with Gasteiger partial charge in [-0.25, -0.2) is 4.98 Å². The highest BCUT2D eigenvalue weighted by Crippen LogP contribution is 2.14. The second-order valence-corrected chi connectivity index (χ2v) is 5.78. The fourth-order valence-corrected chi connectivity index (χ4v) is 1.95. The molecular weight excluding hydrogens is 274 g/mol. The van der Waals surface area contributed by atoms with Gasteiger partial charge in [0.05, 0.1) is 0 Å². The molecule has 0 bridgehead atoms. The molecule has 0 saturated carbocycles. The van der Waals surface area contributed by atoms with Gasteiger partial charge in [0.1, 0.15) is 5.82 Å². The van der Waals surface area contributed by atoms with Gasteiger partial charge < -0.3 is 15.5 Å². The number of aryl methyl sites for hydroxylation is 1. The van der Waals surface area contributed by atoms with E-state index in [0.717, 1.165) is 24.5 Å². The van der Waals surface area contributed by atoms with Gasteiger partial charge in [-0.05, 0) is 52.6 Å². The van der Waals surface area contributed by atoms with Gasteiger partial charge in [-0.15, -0.1) is 0 Å². The Bertz CT molecular complexity index is 580. The number of nitrogens with one attached hydrogen (secondary N) is 2. The average molecular weight is 299 g/mol. The lowest BCUT2D eigenvalue weighted by Crippen LogP contribution is -2.26. The van der Waals surface area contributed by atoms with Crippen LogP contribution in [-0.4, -0.2) is 41.5 Å². The van der Waals surface area contributed by atoms with E-state index in [0.29, 0.717) is 12.0 Å². The van der Waals surface area contributed by atoms with Gasteiger partial charge in [-0.3, -0.25) is 0 Å². The fourth-order valence-electron chi connectivity index (χ4n) is 1.95. The molecule has 0 fully saturated rings. The van der Waals surface area contributed by atoms with Crippen LogP contribution in [0.2, 0.25) is 0 Å². The fraction of sp³-hybridized carbons (Fsp3) is 0.412. The number of benzene rings is 1. The Balaban J connectivity index is 1.91. The lowest BCUT2D eigenvalue weighted by Gasteiger charge is -2.19. The SMILES string of the molecule is Cc1ccc(Nc2nccc(NCCC(C)N(C)C)n2)cc1. The van der Waals surface area contributed by atoms with Gasteiger partial charge in [0.15, 0.2) is 0 Å². The lowest BCUT2D eigenvalue weighted by atomic mass is 10.2. The molecule has 118 valence electrons. The molecule has 1 aromatic carbocycles. The lowest BCUT2D eigenvalue weighted by molar-refractivity contribution is 0.304. The number of hydrogen-bond donors (Lipinski definition) is 2. The van der Waals surface area contributed by atoms with E-state index in [1.807, 2.05) is 18.2 Å². The third-order valence-corrected chi connectivity index (χ3v) is 3.71. The van der Waals surface area contributed by atoms with E-state index >= 15 is 0 Å². The molecule has 5 nitrogen and oxygen atoms in total. The molecule has 1 atom stereocenters. The van der Waals surface area contributed by atoms with Crippen LogP contribution in [0.4, 0.5) is 17.5 Å². The Hall–Kier alpha value is -2.14. The van der Waals surface area contributed by atoms with E-state index in [1.54, 1.807) is 6.20 Å². The van der Waals surface area contributed by atoms with E-state index in [1.165, 1.54) is 5.56 Å². The Morgan fingerprint density at radius 2 is 1.86 bits per heavy atom. The topological polar surface area (TPSA) is 53.1 Å². The number of rotatable bonds is 7. The van der Waals surface area contributed by atoms with Gasteiger partial charge in [0.2, 0.25) is 5.95 Å². The first-order chi connectivity index (χ1) is 10.5. The molecule has 0 spiro atoms. The van der Waals surface area contributed by atoms with Gasteiger partial charge in [-0.2, -0.15) is 4.98 Å². The molecule has 2 aromatic rings. The quantitative estimate of drug-likeness (QED) is 0.821. The first-order valence-corrected chi connectivity index (χ1v) is 7.61. The van der Waals surface area contributed by atoms with Crippen molar-refractivity contribution in [1.29, 1.82) is 0 Å². The summed E-state index contributed by atoms with van der Waals surface area (Å²) in [7, 11) is 4.19. The normalized spacial score (nSPS) is 12.2. The summed E-state index contributed by atoms with van der Waals surface area (Å²) in [6.45, 7) is 5.17. The molecule has 1 heterocycles. The number of hydrogen-bond acceptors (Lipinski definition) is 5. The summed E-state index contributed by atoms with van der Waals surface area (Å²) in [6.07, 6.45) is 2.83. The van der Waals surface area contributed by atoms with Crippen LogP contribution in [0.3, 0.4) is 0 Å².